The van der Waals surface area contributed by atoms with E-state index in [4.69, 9.17) is 9.84 Å². The Morgan fingerprint density at radius 1 is 1.37 bits per heavy atom. The van der Waals surface area contributed by atoms with Crippen molar-refractivity contribution < 1.29 is 19.4 Å². The summed E-state index contributed by atoms with van der Waals surface area (Å²) in [4.78, 5) is 23.3. The van der Waals surface area contributed by atoms with Gasteiger partial charge in [0.2, 0.25) is 5.91 Å². The summed E-state index contributed by atoms with van der Waals surface area (Å²) >= 11 is 0. The Morgan fingerprint density at radius 2 is 2.05 bits per heavy atom. The zero-order chi connectivity index (χ0) is 14.2. The van der Waals surface area contributed by atoms with Crippen molar-refractivity contribution >= 4 is 11.9 Å². The summed E-state index contributed by atoms with van der Waals surface area (Å²) in [5.74, 6) is -1.93. The second-order valence-electron chi connectivity index (χ2n) is 6.25. The van der Waals surface area contributed by atoms with E-state index in [0.717, 1.165) is 19.3 Å². The SMILES string of the molecule is CCC1CC(NC(=O)[C@@H]2[C@H](C(=O)O)C2(C)C)CCO1. The van der Waals surface area contributed by atoms with E-state index in [9.17, 15) is 9.59 Å². The zero-order valence-electron chi connectivity index (χ0n) is 11.8. The van der Waals surface area contributed by atoms with Crippen molar-refractivity contribution in [2.75, 3.05) is 6.61 Å². The van der Waals surface area contributed by atoms with Crippen molar-refractivity contribution in [3.8, 4) is 0 Å². The highest BCUT2D eigenvalue weighted by Gasteiger charge is 2.66. The van der Waals surface area contributed by atoms with E-state index in [0.29, 0.717) is 6.61 Å². The number of carbonyl (C=O) groups is 2. The third-order valence-electron chi connectivity index (χ3n) is 4.54. The van der Waals surface area contributed by atoms with Gasteiger partial charge in [-0.3, -0.25) is 9.59 Å². The molecule has 0 aromatic heterocycles. The second kappa shape index (κ2) is 5.12. The summed E-state index contributed by atoms with van der Waals surface area (Å²) in [6, 6.07) is 0.122. The highest BCUT2D eigenvalue weighted by atomic mass is 16.5. The third-order valence-corrected chi connectivity index (χ3v) is 4.54. The fraction of sp³-hybridized carbons (Fsp3) is 0.857. The molecule has 5 heteroatoms. The van der Waals surface area contributed by atoms with Gasteiger partial charge >= 0.3 is 5.97 Å². The van der Waals surface area contributed by atoms with Gasteiger partial charge < -0.3 is 15.2 Å². The molecule has 2 unspecified atom stereocenters. The van der Waals surface area contributed by atoms with Crippen LogP contribution in [0.3, 0.4) is 0 Å². The number of aliphatic carboxylic acids is 1. The average molecular weight is 269 g/mol. The normalized spacial score (nSPS) is 36.6. The van der Waals surface area contributed by atoms with E-state index in [1.165, 1.54) is 0 Å². The number of hydrogen-bond donors (Lipinski definition) is 2. The Hall–Kier alpha value is -1.10. The molecule has 0 aromatic rings. The Bertz CT molecular complexity index is 380. The van der Waals surface area contributed by atoms with Crippen LogP contribution in [-0.2, 0) is 14.3 Å². The topological polar surface area (TPSA) is 75.6 Å². The molecule has 1 aliphatic heterocycles. The maximum absolute atomic E-state index is 12.2. The third kappa shape index (κ3) is 2.76. The first-order chi connectivity index (χ1) is 8.87. The monoisotopic (exact) mass is 269 g/mol. The summed E-state index contributed by atoms with van der Waals surface area (Å²) in [7, 11) is 0. The smallest absolute Gasteiger partial charge is 0.307 e. The number of carboxylic acids is 1. The molecule has 1 saturated heterocycles. The maximum atomic E-state index is 12.2. The molecule has 1 heterocycles. The van der Waals surface area contributed by atoms with Gasteiger partial charge in [-0.25, -0.2) is 0 Å². The molecule has 5 nitrogen and oxygen atoms in total. The quantitative estimate of drug-likeness (QED) is 0.809. The highest BCUT2D eigenvalue weighted by molar-refractivity contribution is 5.91. The highest BCUT2D eigenvalue weighted by Crippen LogP contribution is 2.58. The molecular weight excluding hydrogens is 246 g/mol. The van der Waals surface area contributed by atoms with Crippen LogP contribution in [0.1, 0.15) is 40.0 Å². The molecule has 0 spiro atoms. The van der Waals surface area contributed by atoms with Gasteiger partial charge in [0.1, 0.15) is 0 Å². The maximum Gasteiger partial charge on any atom is 0.307 e. The van der Waals surface area contributed by atoms with Crippen LogP contribution in [0.5, 0.6) is 0 Å². The minimum atomic E-state index is -0.872. The lowest BCUT2D eigenvalue weighted by Gasteiger charge is -2.29. The minimum Gasteiger partial charge on any atom is -0.481 e. The lowest BCUT2D eigenvalue weighted by molar-refractivity contribution is -0.140. The fourth-order valence-electron chi connectivity index (χ4n) is 3.17. The molecule has 108 valence electrons. The van der Waals surface area contributed by atoms with Crippen molar-refractivity contribution in [1.29, 1.82) is 0 Å². The van der Waals surface area contributed by atoms with Crippen LogP contribution in [0.25, 0.3) is 0 Å². The first kappa shape index (κ1) is 14.3. The number of ether oxygens (including phenoxy) is 1. The number of nitrogens with one attached hydrogen (secondary N) is 1. The number of rotatable bonds is 4. The molecule has 0 bridgehead atoms. The summed E-state index contributed by atoms with van der Waals surface area (Å²) in [5, 5.41) is 12.1. The zero-order valence-corrected chi connectivity index (χ0v) is 11.8. The van der Waals surface area contributed by atoms with E-state index in [2.05, 4.69) is 12.2 Å². The number of hydrogen-bond acceptors (Lipinski definition) is 3. The van der Waals surface area contributed by atoms with Gasteiger partial charge in [0.25, 0.3) is 0 Å². The molecule has 0 aromatic carbocycles. The molecule has 1 aliphatic carbocycles. The molecule has 2 aliphatic rings. The molecule has 4 atom stereocenters. The van der Waals surface area contributed by atoms with Gasteiger partial charge in [-0.15, -0.1) is 0 Å². The molecule has 2 fully saturated rings. The van der Waals surface area contributed by atoms with Crippen LogP contribution in [0, 0.1) is 17.3 Å². The first-order valence-corrected chi connectivity index (χ1v) is 7.02. The largest absolute Gasteiger partial charge is 0.481 e. The predicted molar refractivity (Wildman–Crippen MR) is 69.6 cm³/mol. The Balaban J connectivity index is 1.90. The molecule has 0 radical (unpaired) electrons. The van der Waals surface area contributed by atoms with Crippen molar-refractivity contribution in [1.82, 2.24) is 5.32 Å². The average Bonchev–Trinajstić information content (AvgIpc) is 2.93. The fourth-order valence-corrected chi connectivity index (χ4v) is 3.17. The van der Waals surface area contributed by atoms with Crippen molar-refractivity contribution in [2.45, 2.75) is 52.2 Å². The summed E-state index contributed by atoms with van der Waals surface area (Å²) < 4.78 is 5.57. The molecule has 2 rings (SSSR count). The van der Waals surface area contributed by atoms with Gasteiger partial charge in [-0.1, -0.05) is 20.8 Å². The standard InChI is InChI=1S/C14H23NO4/c1-4-9-7-8(5-6-19-9)15-12(16)10-11(13(17)18)14(10,2)3/h8-11H,4-7H2,1-3H3,(H,15,16)(H,17,18)/t8?,9?,10-,11+/m0/s1. The second-order valence-corrected chi connectivity index (χ2v) is 6.25. The van der Waals surface area contributed by atoms with E-state index in [1.54, 1.807) is 0 Å². The van der Waals surface area contributed by atoms with Gasteiger partial charge in [0, 0.05) is 12.6 Å². The van der Waals surface area contributed by atoms with Crippen molar-refractivity contribution in [3.05, 3.63) is 0 Å². The summed E-state index contributed by atoms with van der Waals surface area (Å²) in [6.07, 6.45) is 2.79. The van der Waals surface area contributed by atoms with E-state index >= 15 is 0 Å². The summed E-state index contributed by atoms with van der Waals surface area (Å²) in [5.41, 5.74) is -0.425. The molecular formula is C14H23NO4. The lowest BCUT2D eigenvalue weighted by atomic mass is 10.0. The Morgan fingerprint density at radius 3 is 2.58 bits per heavy atom. The van der Waals surface area contributed by atoms with E-state index in [1.807, 2.05) is 13.8 Å². The number of amides is 1. The lowest BCUT2D eigenvalue weighted by Crippen LogP contribution is -2.43. The van der Waals surface area contributed by atoms with Crippen LogP contribution in [0.15, 0.2) is 0 Å². The van der Waals surface area contributed by atoms with E-state index in [-0.39, 0.29) is 18.1 Å². The molecule has 2 N–H and O–H groups in total. The van der Waals surface area contributed by atoms with E-state index < -0.39 is 23.2 Å². The van der Waals surface area contributed by atoms with Crippen LogP contribution in [-0.4, -0.2) is 35.7 Å². The Labute approximate surface area is 113 Å². The van der Waals surface area contributed by atoms with Gasteiger partial charge in [-0.05, 0) is 24.7 Å². The molecule has 1 amide bonds. The Kier molecular flexibility index (Phi) is 3.85. The minimum absolute atomic E-state index is 0.112. The van der Waals surface area contributed by atoms with Crippen LogP contribution in [0.2, 0.25) is 0 Å². The van der Waals surface area contributed by atoms with Crippen LogP contribution < -0.4 is 5.32 Å². The van der Waals surface area contributed by atoms with Crippen LogP contribution in [0.4, 0.5) is 0 Å². The predicted octanol–water partition coefficient (Wildman–Crippen LogP) is 1.42. The van der Waals surface area contributed by atoms with Crippen molar-refractivity contribution in [3.63, 3.8) is 0 Å². The molecule has 1 saturated carbocycles. The van der Waals surface area contributed by atoms with Crippen molar-refractivity contribution in [2.24, 2.45) is 17.3 Å². The number of carbonyl (C=O) groups excluding carboxylic acids is 1. The summed E-state index contributed by atoms with van der Waals surface area (Å²) in [6.45, 7) is 6.42. The van der Waals surface area contributed by atoms with Gasteiger partial charge in [0.15, 0.2) is 0 Å². The first-order valence-electron chi connectivity index (χ1n) is 7.02. The van der Waals surface area contributed by atoms with Gasteiger partial charge in [0.05, 0.1) is 17.9 Å². The van der Waals surface area contributed by atoms with Crippen LogP contribution >= 0.6 is 0 Å². The number of carboxylic acid groups (broad SMARTS) is 1. The molecule has 19 heavy (non-hydrogen) atoms. The van der Waals surface area contributed by atoms with Gasteiger partial charge in [-0.2, -0.15) is 0 Å².